The number of aryl methyl sites for hydroxylation is 1. The van der Waals surface area contributed by atoms with Gasteiger partial charge in [-0.3, -0.25) is 14.4 Å². The zero-order valence-corrected chi connectivity index (χ0v) is 18.2. The molecule has 1 aromatic heterocycles. The van der Waals surface area contributed by atoms with Gasteiger partial charge in [0.1, 0.15) is 5.69 Å². The van der Waals surface area contributed by atoms with E-state index >= 15 is 0 Å². The Morgan fingerprint density at radius 2 is 1.93 bits per heavy atom. The van der Waals surface area contributed by atoms with Crippen LogP contribution >= 0.6 is 0 Å². The molecule has 0 radical (unpaired) electrons. The van der Waals surface area contributed by atoms with Gasteiger partial charge in [-0.2, -0.15) is 5.10 Å². The van der Waals surface area contributed by atoms with Gasteiger partial charge in [-0.15, -0.1) is 0 Å². The van der Waals surface area contributed by atoms with Crippen LogP contribution in [0, 0.1) is 0 Å². The van der Waals surface area contributed by atoms with Crippen molar-refractivity contribution in [3.8, 4) is 0 Å². The van der Waals surface area contributed by atoms with E-state index in [0.717, 1.165) is 37.4 Å². The van der Waals surface area contributed by atoms with Crippen molar-refractivity contribution < 1.29 is 9.53 Å². The molecule has 2 fully saturated rings. The Kier molecular flexibility index (Phi) is 6.88. The Bertz CT molecular complexity index is 683. The molecule has 0 bridgehead atoms. The number of fused-ring (bicyclic) bond motifs is 1. The third kappa shape index (κ3) is 4.67. The Hall–Kier alpha value is -1.44. The maximum Gasteiger partial charge on any atom is 0.272 e. The van der Waals surface area contributed by atoms with Crippen LogP contribution in [0.5, 0.6) is 0 Å². The molecule has 3 aliphatic heterocycles. The van der Waals surface area contributed by atoms with Crippen molar-refractivity contribution in [1.82, 2.24) is 24.5 Å². The molecule has 162 valence electrons. The monoisotopic (exact) mass is 403 g/mol. The van der Waals surface area contributed by atoms with E-state index in [1.54, 1.807) is 7.11 Å². The molecule has 7 nitrogen and oxygen atoms in total. The van der Waals surface area contributed by atoms with E-state index in [-0.39, 0.29) is 5.91 Å². The van der Waals surface area contributed by atoms with E-state index in [1.807, 2.05) is 9.58 Å². The van der Waals surface area contributed by atoms with E-state index < -0.39 is 0 Å². The number of piperidine rings is 2. The molecule has 7 heteroatoms. The largest absolute Gasteiger partial charge is 0.383 e. The summed E-state index contributed by atoms with van der Waals surface area (Å²) in [5, 5.41) is 4.91. The number of carbonyl (C=O) groups is 1. The molecule has 1 aromatic rings. The lowest BCUT2D eigenvalue weighted by molar-refractivity contribution is 0.0698. The van der Waals surface area contributed by atoms with Crippen molar-refractivity contribution in [1.29, 1.82) is 0 Å². The summed E-state index contributed by atoms with van der Waals surface area (Å²) in [4.78, 5) is 20.2. The van der Waals surface area contributed by atoms with Crippen LogP contribution in [0.3, 0.4) is 0 Å². The number of methoxy groups -OCH3 is 1. The third-order valence-corrected chi connectivity index (χ3v) is 7.06. The molecule has 0 aromatic carbocycles. The Morgan fingerprint density at radius 3 is 2.69 bits per heavy atom. The van der Waals surface area contributed by atoms with Crippen molar-refractivity contribution in [2.24, 2.45) is 0 Å². The van der Waals surface area contributed by atoms with Gasteiger partial charge in [-0.1, -0.05) is 6.92 Å². The molecular formula is C22H37N5O2. The number of nitrogens with zero attached hydrogens (tertiary/aromatic N) is 5. The van der Waals surface area contributed by atoms with Crippen molar-refractivity contribution in [2.75, 3.05) is 59.5 Å². The Morgan fingerprint density at radius 1 is 1.10 bits per heavy atom. The highest BCUT2D eigenvalue weighted by atomic mass is 16.5. The zero-order valence-electron chi connectivity index (χ0n) is 18.2. The van der Waals surface area contributed by atoms with Crippen molar-refractivity contribution in [3.05, 3.63) is 17.5 Å². The maximum atomic E-state index is 13.0. The lowest BCUT2D eigenvalue weighted by atomic mass is 9.91. The van der Waals surface area contributed by atoms with Crippen molar-refractivity contribution in [3.63, 3.8) is 0 Å². The highest BCUT2D eigenvalue weighted by Crippen LogP contribution is 2.30. The van der Waals surface area contributed by atoms with Gasteiger partial charge in [0.2, 0.25) is 0 Å². The van der Waals surface area contributed by atoms with Crippen LogP contribution in [0.2, 0.25) is 0 Å². The molecule has 4 rings (SSSR count). The van der Waals surface area contributed by atoms with E-state index in [2.05, 4.69) is 22.8 Å². The van der Waals surface area contributed by atoms with Gasteiger partial charge in [0.25, 0.3) is 5.91 Å². The highest BCUT2D eigenvalue weighted by Gasteiger charge is 2.32. The van der Waals surface area contributed by atoms with Gasteiger partial charge in [-0.05, 0) is 64.3 Å². The van der Waals surface area contributed by atoms with Crippen LogP contribution in [0.25, 0.3) is 0 Å². The normalized spacial score (nSPS) is 25.2. The minimum absolute atomic E-state index is 0.109. The van der Waals surface area contributed by atoms with E-state index in [0.29, 0.717) is 25.1 Å². The molecule has 29 heavy (non-hydrogen) atoms. The smallest absolute Gasteiger partial charge is 0.272 e. The average molecular weight is 404 g/mol. The number of amides is 1. The minimum Gasteiger partial charge on any atom is -0.383 e. The fourth-order valence-electron chi connectivity index (χ4n) is 5.25. The number of aromatic nitrogens is 2. The van der Waals surface area contributed by atoms with E-state index in [4.69, 9.17) is 9.84 Å². The van der Waals surface area contributed by atoms with Crippen LogP contribution in [-0.4, -0.2) is 96.0 Å². The fraction of sp³-hybridized carbons (Fsp3) is 0.818. The summed E-state index contributed by atoms with van der Waals surface area (Å²) in [6.45, 7) is 11.1. The summed E-state index contributed by atoms with van der Waals surface area (Å²) in [6.07, 6.45) is 5.94. The molecule has 0 spiro atoms. The number of hydrogen-bond donors (Lipinski definition) is 0. The molecule has 2 saturated heterocycles. The first-order valence-corrected chi connectivity index (χ1v) is 11.5. The van der Waals surface area contributed by atoms with Gasteiger partial charge in [0.15, 0.2) is 0 Å². The van der Waals surface area contributed by atoms with Crippen LogP contribution in [-0.2, 0) is 11.3 Å². The Balaban J connectivity index is 1.43. The summed E-state index contributed by atoms with van der Waals surface area (Å²) in [6, 6.07) is 2.80. The predicted molar refractivity (Wildman–Crippen MR) is 113 cm³/mol. The second-order valence-corrected chi connectivity index (χ2v) is 8.82. The number of likely N-dealkylation sites (tertiary alicyclic amines) is 2. The summed E-state index contributed by atoms with van der Waals surface area (Å²) in [7, 11) is 1.69. The first-order valence-electron chi connectivity index (χ1n) is 11.5. The molecular weight excluding hydrogens is 366 g/mol. The maximum absolute atomic E-state index is 13.0. The average Bonchev–Trinajstić information content (AvgIpc) is 3.14. The lowest BCUT2D eigenvalue weighted by Gasteiger charge is -2.42. The summed E-state index contributed by atoms with van der Waals surface area (Å²) in [5.41, 5.74) is 1.89. The van der Waals surface area contributed by atoms with E-state index in [9.17, 15) is 4.79 Å². The molecule has 0 saturated carbocycles. The van der Waals surface area contributed by atoms with E-state index in [1.165, 1.54) is 51.9 Å². The van der Waals surface area contributed by atoms with Crippen LogP contribution in [0.15, 0.2) is 6.07 Å². The number of ether oxygens (including phenoxy) is 1. The van der Waals surface area contributed by atoms with Crippen LogP contribution in [0.4, 0.5) is 0 Å². The molecule has 1 amide bonds. The third-order valence-electron chi connectivity index (χ3n) is 7.06. The first kappa shape index (κ1) is 20.8. The summed E-state index contributed by atoms with van der Waals surface area (Å²) < 4.78 is 7.14. The lowest BCUT2D eigenvalue weighted by Crippen LogP contribution is -2.48. The standard InChI is InChI=1S/C22H37N5O2/c1-3-24-12-7-19(8-13-24)26-9-4-6-18(17-26)20-16-21-22(28)25(14-15-29-2)10-5-11-27(21)23-20/h16,18-19H,3-15,17H2,1-2H3. The number of hydrogen-bond acceptors (Lipinski definition) is 5. The second-order valence-electron chi connectivity index (χ2n) is 8.82. The fourth-order valence-corrected chi connectivity index (χ4v) is 5.25. The van der Waals surface area contributed by atoms with Gasteiger partial charge >= 0.3 is 0 Å². The number of carbonyl (C=O) groups excluding carboxylic acids is 1. The van der Waals surface area contributed by atoms with Crippen molar-refractivity contribution in [2.45, 2.75) is 57.5 Å². The van der Waals surface area contributed by atoms with Crippen LogP contribution in [0.1, 0.15) is 61.1 Å². The second kappa shape index (κ2) is 9.58. The summed E-state index contributed by atoms with van der Waals surface area (Å²) >= 11 is 0. The minimum atomic E-state index is 0.109. The number of rotatable bonds is 6. The molecule has 0 N–H and O–H groups in total. The molecule has 3 aliphatic rings. The van der Waals surface area contributed by atoms with Gasteiger partial charge in [0, 0.05) is 45.2 Å². The van der Waals surface area contributed by atoms with Crippen molar-refractivity contribution >= 4 is 5.91 Å². The molecule has 0 aliphatic carbocycles. The quantitative estimate of drug-likeness (QED) is 0.728. The summed E-state index contributed by atoms with van der Waals surface area (Å²) in [5.74, 6) is 0.561. The SMILES string of the molecule is CCN1CCC(N2CCCC(c3cc4n(n3)CCCN(CCOC)C4=O)C2)CC1. The van der Waals surface area contributed by atoms with Crippen LogP contribution < -0.4 is 0 Å². The Labute approximate surface area is 175 Å². The highest BCUT2D eigenvalue weighted by molar-refractivity contribution is 5.93. The molecule has 1 atom stereocenters. The molecule has 4 heterocycles. The van der Waals surface area contributed by atoms with Gasteiger partial charge in [-0.25, -0.2) is 0 Å². The van der Waals surface area contributed by atoms with Gasteiger partial charge < -0.3 is 14.5 Å². The van der Waals surface area contributed by atoms with Gasteiger partial charge in [0.05, 0.1) is 12.3 Å². The zero-order chi connectivity index (χ0) is 20.2. The first-order chi connectivity index (χ1) is 14.2. The molecule has 1 unspecified atom stereocenters. The predicted octanol–water partition coefficient (Wildman–Crippen LogP) is 2.04. The topological polar surface area (TPSA) is 53.8 Å².